The zero-order valence-electron chi connectivity index (χ0n) is 15.6. The smallest absolute Gasteiger partial charge is 0.327 e. The fourth-order valence-corrected chi connectivity index (χ4v) is 4.57. The first-order chi connectivity index (χ1) is 12.3. The van der Waals surface area contributed by atoms with Gasteiger partial charge in [0.15, 0.2) is 5.69 Å². The molecule has 3 aliphatic rings. The van der Waals surface area contributed by atoms with Crippen molar-refractivity contribution in [2.24, 2.45) is 12.5 Å². The molecule has 4 heterocycles. The molecule has 3 aliphatic heterocycles. The lowest BCUT2D eigenvalue weighted by molar-refractivity contribution is -0.128. The second-order valence-corrected chi connectivity index (χ2v) is 7.80. The molecule has 140 valence electrons. The van der Waals surface area contributed by atoms with E-state index >= 15 is 0 Å². The van der Waals surface area contributed by atoms with E-state index in [4.69, 9.17) is 0 Å². The molecule has 26 heavy (non-hydrogen) atoms. The summed E-state index contributed by atoms with van der Waals surface area (Å²) in [6.45, 7) is 6.11. The quantitative estimate of drug-likeness (QED) is 0.738. The lowest BCUT2D eigenvalue weighted by atomic mass is 9.76. The van der Waals surface area contributed by atoms with Crippen LogP contribution in [-0.4, -0.2) is 74.5 Å². The number of carbonyl (C=O) groups is 3. The summed E-state index contributed by atoms with van der Waals surface area (Å²) in [7, 11) is 1.83. The topological polar surface area (TPSA) is 78.8 Å². The van der Waals surface area contributed by atoms with E-state index in [1.165, 1.54) is 4.90 Å². The van der Waals surface area contributed by atoms with E-state index in [0.717, 1.165) is 25.0 Å². The van der Waals surface area contributed by atoms with Crippen LogP contribution in [0.15, 0.2) is 6.07 Å². The minimum Gasteiger partial charge on any atom is -0.337 e. The van der Waals surface area contributed by atoms with Gasteiger partial charge in [0.25, 0.3) is 11.8 Å². The van der Waals surface area contributed by atoms with Crippen molar-refractivity contribution in [3.63, 3.8) is 0 Å². The average molecular weight is 359 g/mol. The SMILES string of the molecule is CCN1C(=O)C2CC3(CCN(C(=O)c4cc(C)n(C)n4)CC3)CN2C1=O. The largest absolute Gasteiger partial charge is 0.337 e. The summed E-state index contributed by atoms with van der Waals surface area (Å²) in [6.07, 6.45) is 2.37. The molecule has 1 aromatic heterocycles. The molecule has 0 bridgehead atoms. The van der Waals surface area contributed by atoms with Crippen molar-refractivity contribution in [1.82, 2.24) is 24.5 Å². The van der Waals surface area contributed by atoms with E-state index in [1.807, 2.05) is 31.9 Å². The summed E-state index contributed by atoms with van der Waals surface area (Å²) in [5.74, 6) is -0.0943. The molecule has 4 amide bonds. The van der Waals surface area contributed by atoms with Crippen molar-refractivity contribution in [2.45, 2.75) is 39.2 Å². The third-order valence-electron chi connectivity index (χ3n) is 6.30. The molecular weight excluding hydrogens is 334 g/mol. The highest BCUT2D eigenvalue weighted by Gasteiger charge is 2.56. The van der Waals surface area contributed by atoms with E-state index in [0.29, 0.717) is 31.9 Å². The van der Waals surface area contributed by atoms with Crippen molar-refractivity contribution < 1.29 is 14.4 Å². The van der Waals surface area contributed by atoms with Gasteiger partial charge in [0.05, 0.1) is 0 Å². The Kier molecular flexibility index (Phi) is 3.82. The van der Waals surface area contributed by atoms with Gasteiger partial charge in [-0.15, -0.1) is 0 Å². The van der Waals surface area contributed by atoms with Crippen LogP contribution in [0.25, 0.3) is 0 Å². The average Bonchev–Trinajstić information content (AvgIpc) is 3.22. The van der Waals surface area contributed by atoms with Crippen molar-refractivity contribution in [3.8, 4) is 0 Å². The maximum atomic E-state index is 12.7. The number of carbonyl (C=O) groups excluding carboxylic acids is 3. The van der Waals surface area contributed by atoms with Gasteiger partial charge >= 0.3 is 6.03 Å². The molecular formula is C18H25N5O3. The summed E-state index contributed by atoms with van der Waals surface area (Å²) in [4.78, 5) is 42.4. The highest BCUT2D eigenvalue weighted by Crippen LogP contribution is 2.46. The maximum absolute atomic E-state index is 12.7. The van der Waals surface area contributed by atoms with Gasteiger partial charge < -0.3 is 9.80 Å². The molecule has 8 heteroatoms. The number of fused-ring (bicyclic) bond motifs is 1. The third kappa shape index (κ3) is 2.42. The molecule has 4 rings (SSSR count). The van der Waals surface area contributed by atoms with Gasteiger partial charge in [-0.05, 0) is 44.6 Å². The standard InChI is InChI=1S/C18H25N5O3/c1-4-22-16(25)14-10-18(11-23(14)17(22)26)5-7-21(8-6-18)15(24)13-9-12(2)20(3)19-13/h9,14H,4-8,10-11H2,1-3H3. The fourth-order valence-electron chi connectivity index (χ4n) is 4.57. The van der Waals surface area contributed by atoms with Gasteiger partial charge in [0.1, 0.15) is 6.04 Å². The minimum absolute atomic E-state index is 0.0351. The molecule has 0 saturated carbocycles. The lowest BCUT2D eigenvalue weighted by Crippen LogP contribution is -2.45. The van der Waals surface area contributed by atoms with Gasteiger partial charge in [-0.2, -0.15) is 5.10 Å². The molecule has 1 aromatic rings. The Hall–Kier alpha value is -2.38. The number of urea groups is 1. The number of amides is 4. The molecule has 3 fully saturated rings. The number of hydrogen-bond donors (Lipinski definition) is 0. The van der Waals surface area contributed by atoms with Gasteiger partial charge in [0.2, 0.25) is 0 Å². The molecule has 0 aliphatic carbocycles. The van der Waals surface area contributed by atoms with Gasteiger partial charge in [-0.3, -0.25) is 19.2 Å². The minimum atomic E-state index is -0.303. The van der Waals surface area contributed by atoms with Crippen LogP contribution in [0.1, 0.15) is 42.4 Å². The lowest BCUT2D eigenvalue weighted by Gasteiger charge is -2.39. The molecule has 1 spiro atoms. The highest BCUT2D eigenvalue weighted by molar-refractivity contribution is 6.04. The number of piperidine rings is 1. The summed E-state index contributed by atoms with van der Waals surface area (Å²) < 4.78 is 1.71. The van der Waals surface area contributed by atoms with E-state index in [9.17, 15) is 14.4 Å². The second kappa shape index (κ2) is 5.82. The van der Waals surface area contributed by atoms with Crippen LogP contribution in [-0.2, 0) is 11.8 Å². The van der Waals surface area contributed by atoms with Crippen molar-refractivity contribution in [3.05, 3.63) is 17.5 Å². The van der Waals surface area contributed by atoms with Crippen LogP contribution in [0.2, 0.25) is 0 Å². The van der Waals surface area contributed by atoms with Crippen LogP contribution in [0.3, 0.4) is 0 Å². The summed E-state index contributed by atoms with van der Waals surface area (Å²) in [5.41, 5.74) is 1.40. The second-order valence-electron chi connectivity index (χ2n) is 7.80. The Morgan fingerprint density at radius 1 is 1.31 bits per heavy atom. The first kappa shape index (κ1) is 17.1. The number of nitrogens with zero attached hydrogens (tertiary/aromatic N) is 5. The van der Waals surface area contributed by atoms with Gasteiger partial charge in [0, 0.05) is 38.9 Å². The predicted molar refractivity (Wildman–Crippen MR) is 93.4 cm³/mol. The zero-order valence-corrected chi connectivity index (χ0v) is 15.6. The van der Waals surface area contributed by atoms with Crippen molar-refractivity contribution in [1.29, 1.82) is 0 Å². The Labute approximate surface area is 152 Å². The first-order valence-electron chi connectivity index (χ1n) is 9.27. The molecule has 0 aromatic carbocycles. The summed E-state index contributed by atoms with van der Waals surface area (Å²) >= 11 is 0. The van der Waals surface area contributed by atoms with Crippen molar-refractivity contribution >= 4 is 17.8 Å². The van der Waals surface area contributed by atoms with Crippen LogP contribution >= 0.6 is 0 Å². The van der Waals surface area contributed by atoms with E-state index < -0.39 is 0 Å². The summed E-state index contributed by atoms with van der Waals surface area (Å²) in [6, 6.07) is 1.36. The highest BCUT2D eigenvalue weighted by atomic mass is 16.2. The number of aromatic nitrogens is 2. The number of hydrogen-bond acceptors (Lipinski definition) is 4. The molecule has 0 radical (unpaired) electrons. The Bertz CT molecular complexity index is 732. The third-order valence-corrected chi connectivity index (χ3v) is 6.30. The Morgan fingerprint density at radius 2 is 2.00 bits per heavy atom. The van der Waals surface area contributed by atoms with Crippen molar-refractivity contribution in [2.75, 3.05) is 26.2 Å². The van der Waals surface area contributed by atoms with Gasteiger partial charge in [-0.25, -0.2) is 4.79 Å². The van der Waals surface area contributed by atoms with E-state index in [2.05, 4.69) is 5.10 Å². The van der Waals surface area contributed by atoms with E-state index in [-0.39, 0.29) is 29.3 Å². The number of imide groups is 1. The summed E-state index contributed by atoms with van der Waals surface area (Å²) in [5, 5.41) is 4.28. The molecule has 1 atom stereocenters. The normalized spacial score (nSPS) is 24.7. The van der Waals surface area contributed by atoms with Crippen LogP contribution in [0.5, 0.6) is 0 Å². The zero-order chi connectivity index (χ0) is 18.6. The van der Waals surface area contributed by atoms with Crippen LogP contribution in [0, 0.1) is 12.3 Å². The number of likely N-dealkylation sites (N-methyl/N-ethyl adjacent to an activating group) is 1. The molecule has 3 saturated heterocycles. The Balaban J connectivity index is 1.42. The monoisotopic (exact) mass is 359 g/mol. The fraction of sp³-hybridized carbons (Fsp3) is 0.667. The van der Waals surface area contributed by atoms with Crippen LogP contribution in [0.4, 0.5) is 4.79 Å². The molecule has 1 unspecified atom stereocenters. The maximum Gasteiger partial charge on any atom is 0.327 e. The van der Waals surface area contributed by atoms with Gasteiger partial charge in [-0.1, -0.05) is 0 Å². The number of likely N-dealkylation sites (tertiary alicyclic amines) is 1. The van der Waals surface area contributed by atoms with E-state index in [1.54, 1.807) is 9.58 Å². The number of rotatable bonds is 2. The predicted octanol–water partition coefficient (Wildman–Crippen LogP) is 1.01. The molecule has 8 nitrogen and oxygen atoms in total. The van der Waals surface area contributed by atoms with Crippen LogP contribution < -0.4 is 0 Å². The number of aryl methyl sites for hydroxylation is 2. The molecule has 0 N–H and O–H groups in total. The first-order valence-corrected chi connectivity index (χ1v) is 9.27. The Morgan fingerprint density at radius 3 is 2.54 bits per heavy atom.